The first-order chi connectivity index (χ1) is 9.76. The van der Waals surface area contributed by atoms with E-state index in [0.717, 1.165) is 17.2 Å². The third-order valence-electron chi connectivity index (χ3n) is 3.27. The van der Waals surface area contributed by atoms with Crippen molar-refractivity contribution < 1.29 is 9.47 Å². The van der Waals surface area contributed by atoms with E-state index in [1.165, 1.54) is 5.56 Å². The van der Waals surface area contributed by atoms with Crippen molar-refractivity contribution in [2.24, 2.45) is 0 Å². The average molecular weight is 290 g/mol. The maximum atomic E-state index is 6.01. The highest BCUT2D eigenvalue weighted by molar-refractivity contribution is 6.30. The fourth-order valence-electron chi connectivity index (χ4n) is 2.29. The summed E-state index contributed by atoms with van der Waals surface area (Å²) in [6.07, 6.45) is 0. The summed E-state index contributed by atoms with van der Waals surface area (Å²) in [4.78, 5) is 0. The number of rotatable bonds is 3. The Bertz CT molecular complexity index is 598. The van der Waals surface area contributed by atoms with Gasteiger partial charge in [0.25, 0.3) is 0 Å². The largest absolute Gasteiger partial charge is 0.494 e. The molecule has 4 heteroatoms. The highest BCUT2D eigenvalue weighted by Gasteiger charge is 2.20. The highest BCUT2D eigenvalue weighted by atomic mass is 35.5. The van der Waals surface area contributed by atoms with Gasteiger partial charge in [0.15, 0.2) is 0 Å². The van der Waals surface area contributed by atoms with Crippen LogP contribution in [0.15, 0.2) is 42.5 Å². The second kappa shape index (κ2) is 5.63. The smallest absolute Gasteiger partial charge is 0.142 e. The Labute approximate surface area is 123 Å². The molecule has 0 spiro atoms. The fourth-order valence-corrected chi connectivity index (χ4v) is 2.46. The van der Waals surface area contributed by atoms with Gasteiger partial charge in [-0.05, 0) is 42.8 Å². The van der Waals surface area contributed by atoms with E-state index >= 15 is 0 Å². The zero-order valence-electron chi connectivity index (χ0n) is 11.2. The summed E-state index contributed by atoms with van der Waals surface area (Å²) in [5.74, 6) is 1.73. The molecule has 1 aliphatic rings. The van der Waals surface area contributed by atoms with Crippen molar-refractivity contribution in [3.63, 3.8) is 0 Å². The van der Waals surface area contributed by atoms with E-state index in [2.05, 4.69) is 17.4 Å². The van der Waals surface area contributed by atoms with Gasteiger partial charge in [-0.1, -0.05) is 23.7 Å². The molecule has 2 aromatic rings. The lowest BCUT2D eigenvalue weighted by Crippen LogP contribution is -2.23. The van der Waals surface area contributed by atoms with Crippen LogP contribution in [0.5, 0.6) is 11.5 Å². The first kappa shape index (κ1) is 13.1. The van der Waals surface area contributed by atoms with Crippen LogP contribution in [-0.4, -0.2) is 13.2 Å². The van der Waals surface area contributed by atoms with Gasteiger partial charge in [0.1, 0.15) is 18.1 Å². The minimum atomic E-state index is 0.122. The molecule has 1 atom stereocenters. The topological polar surface area (TPSA) is 30.5 Å². The van der Waals surface area contributed by atoms with Crippen molar-refractivity contribution in [3.8, 4) is 11.5 Å². The van der Waals surface area contributed by atoms with Crippen LogP contribution >= 0.6 is 11.6 Å². The zero-order chi connectivity index (χ0) is 13.9. The van der Waals surface area contributed by atoms with E-state index in [1.54, 1.807) is 0 Å². The Morgan fingerprint density at radius 2 is 2.05 bits per heavy atom. The van der Waals surface area contributed by atoms with Gasteiger partial charge < -0.3 is 14.8 Å². The predicted octanol–water partition coefficient (Wildman–Crippen LogP) is 4.28. The summed E-state index contributed by atoms with van der Waals surface area (Å²) in [7, 11) is 0. The van der Waals surface area contributed by atoms with Gasteiger partial charge in [-0.3, -0.25) is 0 Å². The number of benzene rings is 2. The molecular formula is C16H16ClNO2. The molecule has 3 nitrogen and oxygen atoms in total. The normalized spacial score (nSPS) is 16.8. The minimum absolute atomic E-state index is 0.122. The predicted molar refractivity (Wildman–Crippen MR) is 80.9 cm³/mol. The second-order valence-corrected chi connectivity index (χ2v) is 5.09. The monoisotopic (exact) mass is 289 g/mol. The fraction of sp³-hybridized carbons (Fsp3) is 0.250. The Morgan fingerprint density at radius 1 is 1.25 bits per heavy atom. The lowest BCUT2D eigenvalue weighted by Gasteiger charge is -2.28. The number of nitrogens with one attached hydrogen (secondary N) is 1. The van der Waals surface area contributed by atoms with Crippen LogP contribution in [0.25, 0.3) is 0 Å². The summed E-state index contributed by atoms with van der Waals surface area (Å²) < 4.78 is 11.2. The molecule has 0 radical (unpaired) electrons. The molecule has 0 fully saturated rings. The molecule has 0 saturated carbocycles. The summed E-state index contributed by atoms with van der Waals surface area (Å²) >= 11 is 6.01. The van der Waals surface area contributed by atoms with Crippen molar-refractivity contribution in [1.29, 1.82) is 0 Å². The Hall–Kier alpha value is -1.87. The molecule has 104 valence electrons. The van der Waals surface area contributed by atoms with Gasteiger partial charge in [-0.15, -0.1) is 0 Å². The number of ether oxygens (including phenoxy) is 2. The Morgan fingerprint density at radius 3 is 2.80 bits per heavy atom. The minimum Gasteiger partial charge on any atom is -0.494 e. The van der Waals surface area contributed by atoms with Gasteiger partial charge in [0.2, 0.25) is 0 Å². The first-order valence-electron chi connectivity index (χ1n) is 6.68. The van der Waals surface area contributed by atoms with Crippen molar-refractivity contribution in [3.05, 3.63) is 53.1 Å². The molecule has 1 aliphatic heterocycles. The summed E-state index contributed by atoms with van der Waals surface area (Å²) in [6, 6.07) is 13.8. The van der Waals surface area contributed by atoms with E-state index in [0.29, 0.717) is 18.2 Å². The number of hydrogen-bond acceptors (Lipinski definition) is 3. The molecule has 0 amide bonds. The van der Waals surface area contributed by atoms with Crippen LogP contribution in [0.3, 0.4) is 0 Å². The number of anilines is 1. The Kier molecular flexibility index (Phi) is 3.70. The van der Waals surface area contributed by atoms with Crippen LogP contribution in [0.2, 0.25) is 5.02 Å². The third-order valence-corrected chi connectivity index (χ3v) is 3.51. The van der Waals surface area contributed by atoms with Crippen molar-refractivity contribution in [2.75, 3.05) is 18.5 Å². The standard InChI is InChI=1S/C16H16ClNO2/c1-2-19-13-6-3-11(4-7-13)15-10-20-16-8-5-12(17)9-14(16)18-15/h3-9,15,18H,2,10H2,1H3/t15-/m1/s1. The number of fused-ring (bicyclic) bond motifs is 1. The summed E-state index contributed by atoms with van der Waals surface area (Å²) in [5.41, 5.74) is 2.10. The van der Waals surface area contributed by atoms with E-state index in [-0.39, 0.29) is 6.04 Å². The molecule has 20 heavy (non-hydrogen) atoms. The van der Waals surface area contributed by atoms with Gasteiger partial charge in [0.05, 0.1) is 18.3 Å². The lowest BCUT2D eigenvalue weighted by atomic mass is 10.1. The van der Waals surface area contributed by atoms with Crippen molar-refractivity contribution >= 4 is 17.3 Å². The SMILES string of the molecule is CCOc1ccc([C@H]2COc3ccc(Cl)cc3N2)cc1. The maximum Gasteiger partial charge on any atom is 0.142 e. The Balaban J connectivity index is 1.79. The van der Waals surface area contributed by atoms with Gasteiger partial charge in [-0.2, -0.15) is 0 Å². The quantitative estimate of drug-likeness (QED) is 0.914. The molecule has 0 saturated heterocycles. The second-order valence-electron chi connectivity index (χ2n) is 4.65. The first-order valence-corrected chi connectivity index (χ1v) is 7.05. The van der Waals surface area contributed by atoms with Gasteiger partial charge in [0, 0.05) is 5.02 Å². The average Bonchev–Trinajstić information content (AvgIpc) is 2.47. The molecule has 0 bridgehead atoms. The van der Waals surface area contributed by atoms with Crippen LogP contribution in [0, 0.1) is 0 Å². The summed E-state index contributed by atoms with van der Waals surface area (Å²) in [6.45, 7) is 3.25. The molecular weight excluding hydrogens is 274 g/mol. The molecule has 1 N–H and O–H groups in total. The van der Waals surface area contributed by atoms with E-state index in [4.69, 9.17) is 21.1 Å². The van der Waals surface area contributed by atoms with E-state index < -0.39 is 0 Å². The van der Waals surface area contributed by atoms with E-state index in [1.807, 2.05) is 37.3 Å². The molecule has 0 unspecified atom stereocenters. The molecule has 3 rings (SSSR count). The number of hydrogen-bond donors (Lipinski definition) is 1. The third kappa shape index (κ3) is 2.68. The molecule has 2 aromatic carbocycles. The van der Waals surface area contributed by atoms with Crippen LogP contribution < -0.4 is 14.8 Å². The maximum absolute atomic E-state index is 6.01. The number of halogens is 1. The van der Waals surface area contributed by atoms with Crippen molar-refractivity contribution in [1.82, 2.24) is 0 Å². The molecule has 0 aliphatic carbocycles. The van der Waals surface area contributed by atoms with Crippen LogP contribution in [-0.2, 0) is 0 Å². The van der Waals surface area contributed by atoms with E-state index in [9.17, 15) is 0 Å². The van der Waals surface area contributed by atoms with Crippen molar-refractivity contribution in [2.45, 2.75) is 13.0 Å². The summed E-state index contributed by atoms with van der Waals surface area (Å²) in [5, 5.41) is 4.16. The van der Waals surface area contributed by atoms with Gasteiger partial charge >= 0.3 is 0 Å². The molecule has 1 heterocycles. The molecule has 0 aromatic heterocycles. The lowest BCUT2D eigenvalue weighted by molar-refractivity contribution is 0.286. The van der Waals surface area contributed by atoms with Gasteiger partial charge in [-0.25, -0.2) is 0 Å². The highest BCUT2D eigenvalue weighted by Crippen LogP contribution is 2.35. The van der Waals surface area contributed by atoms with Crippen LogP contribution in [0.1, 0.15) is 18.5 Å². The zero-order valence-corrected chi connectivity index (χ0v) is 12.0. The van der Waals surface area contributed by atoms with Crippen LogP contribution in [0.4, 0.5) is 5.69 Å².